The van der Waals surface area contributed by atoms with Gasteiger partial charge in [0.25, 0.3) is 5.91 Å². The number of allylic oxidation sites excluding steroid dienone is 1. The summed E-state index contributed by atoms with van der Waals surface area (Å²) >= 11 is 4.78. The average Bonchev–Trinajstić information content (AvgIpc) is 3.56. The number of nitrogens with one attached hydrogen (secondary N) is 1. The Hall–Kier alpha value is -1.85. The lowest BCUT2D eigenvalue weighted by Crippen LogP contribution is -2.51. The molecule has 0 aliphatic carbocycles. The Kier molecular flexibility index (Phi) is 8.36. The van der Waals surface area contributed by atoms with Gasteiger partial charge in [0.05, 0.1) is 13.0 Å². The molecule has 0 radical (unpaired) electrons. The number of amides is 2. The van der Waals surface area contributed by atoms with E-state index in [-0.39, 0.29) is 18.2 Å². The number of cyclic esters (lactones) is 1. The van der Waals surface area contributed by atoms with Gasteiger partial charge in [-0.25, -0.2) is 9.78 Å². The third-order valence-corrected chi connectivity index (χ3v) is 8.99. The van der Waals surface area contributed by atoms with Crippen molar-refractivity contribution >= 4 is 57.7 Å². The zero-order valence-electron chi connectivity index (χ0n) is 19.5. The lowest BCUT2D eigenvalue weighted by Gasteiger charge is -2.30. The summed E-state index contributed by atoms with van der Waals surface area (Å²) in [4.78, 5) is 50.3. The Morgan fingerprint density at radius 2 is 2.24 bits per heavy atom. The minimum absolute atomic E-state index is 0.0301. The lowest BCUT2D eigenvalue weighted by molar-refractivity contribution is -0.157. The van der Waals surface area contributed by atoms with Crippen molar-refractivity contribution in [3.63, 3.8) is 0 Å². The predicted octanol–water partition coefficient (Wildman–Crippen LogP) is 3.02. The monoisotopic (exact) mass is 522 g/mol. The van der Waals surface area contributed by atoms with Crippen molar-refractivity contribution in [3.8, 4) is 0 Å². The van der Waals surface area contributed by atoms with Gasteiger partial charge < -0.3 is 15.0 Å². The van der Waals surface area contributed by atoms with Crippen LogP contribution in [0.25, 0.3) is 0 Å². The third-order valence-electron chi connectivity index (χ3n) is 5.93. The van der Waals surface area contributed by atoms with Gasteiger partial charge in [0.2, 0.25) is 5.91 Å². The van der Waals surface area contributed by atoms with Gasteiger partial charge in [-0.05, 0) is 43.8 Å². The summed E-state index contributed by atoms with van der Waals surface area (Å²) < 4.78 is 5.79. The number of carbonyl (C=O) groups excluding carboxylic acids is 3. The molecule has 1 aromatic heterocycles. The van der Waals surface area contributed by atoms with Crippen LogP contribution in [-0.2, 0) is 25.7 Å². The molecule has 4 bridgehead atoms. The molecule has 34 heavy (non-hydrogen) atoms. The van der Waals surface area contributed by atoms with E-state index in [1.165, 1.54) is 23.1 Å². The highest BCUT2D eigenvalue weighted by Gasteiger charge is 2.46. The summed E-state index contributed by atoms with van der Waals surface area (Å²) in [6.45, 7) is 4.73. The van der Waals surface area contributed by atoms with E-state index in [1.807, 2.05) is 30.1 Å². The molecule has 3 atom stereocenters. The van der Waals surface area contributed by atoms with Crippen LogP contribution in [0, 0.1) is 0 Å². The summed E-state index contributed by atoms with van der Waals surface area (Å²) in [5, 5.41) is 6.28. The summed E-state index contributed by atoms with van der Waals surface area (Å²) in [7, 11) is 0. The number of esters is 1. The van der Waals surface area contributed by atoms with E-state index in [0.717, 1.165) is 40.1 Å². The van der Waals surface area contributed by atoms with Gasteiger partial charge in [-0.15, -0.1) is 23.1 Å². The minimum atomic E-state index is -0.936. The zero-order chi connectivity index (χ0) is 24.1. The van der Waals surface area contributed by atoms with Crippen LogP contribution in [0.15, 0.2) is 22.5 Å². The highest BCUT2D eigenvalue weighted by atomic mass is 32.2. The van der Waals surface area contributed by atoms with E-state index in [2.05, 4.69) is 17.2 Å². The van der Waals surface area contributed by atoms with E-state index in [0.29, 0.717) is 25.3 Å². The first-order valence-electron chi connectivity index (χ1n) is 11.6. The smallest absolute Gasteiger partial charge is 0.329 e. The molecule has 4 rings (SSSR count). The van der Waals surface area contributed by atoms with Crippen LogP contribution in [-0.4, -0.2) is 74.2 Å². The van der Waals surface area contributed by atoms with Crippen molar-refractivity contribution in [1.82, 2.24) is 15.2 Å². The topological polar surface area (TPSA) is 101 Å². The number of fused-ring (bicyclic) bond motifs is 5. The van der Waals surface area contributed by atoms with Gasteiger partial charge in [-0.2, -0.15) is 11.8 Å². The number of carbonyl (C=O) groups is 3. The number of thioether (sulfide) groups is 2. The van der Waals surface area contributed by atoms with E-state index in [9.17, 15) is 14.4 Å². The minimum Gasteiger partial charge on any atom is -0.456 e. The first kappa shape index (κ1) is 25.2. The Balaban J connectivity index is 1.59. The number of aromatic nitrogens is 1. The molecular formula is C23H30N4O4S3. The molecule has 0 saturated carbocycles. The van der Waals surface area contributed by atoms with Gasteiger partial charge >= 0.3 is 5.97 Å². The second-order valence-electron chi connectivity index (χ2n) is 8.63. The van der Waals surface area contributed by atoms with Crippen LogP contribution in [0.3, 0.4) is 0 Å². The molecule has 3 aliphatic heterocycles. The number of thiazole rings is 1. The van der Waals surface area contributed by atoms with Crippen LogP contribution in [0.4, 0.5) is 0 Å². The maximum absolute atomic E-state index is 13.5. The van der Waals surface area contributed by atoms with Crippen molar-refractivity contribution in [2.45, 2.75) is 63.8 Å². The fourth-order valence-electron chi connectivity index (χ4n) is 4.14. The van der Waals surface area contributed by atoms with Gasteiger partial charge in [-0.1, -0.05) is 13.0 Å². The Labute approximate surface area is 212 Å². The summed E-state index contributed by atoms with van der Waals surface area (Å²) in [6.07, 6.45) is 5.22. The number of rotatable bonds is 5. The molecule has 184 valence electrons. The molecule has 4 heterocycles. The maximum Gasteiger partial charge on any atom is 0.329 e. The largest absolute Gasteiger partial charge is 0.456 e. The molecule has 3 unspecified atom stereocenters. The fraction of sp³-hybridized carbons (Fsp3) is 0.609. The SMILES string of the molecule is CCSCCC=CC1CC(=O)NCc2nc(cs2)C2=NC(C)(CS2)C(=O)N2CCCC2C(=O)O1. The molecule has 1 N–H and O–H groups in total. The highest BCUT2D eigenvalue weighted by Crippen LogP contribution is 2.35. The normalized spacial score (nSPS) is 28.1. The average molecular weight is 523 g/mol. The number of hydrogen-bond donors (Lipinski definition) is 1. The maximum atomic E-state index is 13.5. The molecule has 11 heteroatoms. The summed E-state index contributed by atoms with van der Waals surface area (Å²) in [6, 6.07) is -0.651. The molecular weight excluding hydrogens is 492 g/mol. The molecule has 2 amide bonds. The molecule has 3 aliphatic rings. The van der Waals surface area contributed by atoms with Crippen molar-refractivity contribution in [2.75, 3.05) is 23.8 Å². The van der Waals surface area contributed by atoms with Crippen LogP contribution < -0.4 is 5.32 Å². The van der Waals surface area contributed by atoms with Gasteiger partial charge in [0.1, 0.15) is 33.4 Å². The highest BCUT2D eigenvalue weighted by molar-refractivity contribution is 8.14. The quantitative estimate of drug-likeness (QED) is 0.360. The van der Waals surface area contributed by atoms with Gasteiger partial charge in [-0.3, -0.25) is 14.6 Å². The lowest BCUT2D eigenvalue weighted by atomic mass is 10.0. The van der Waals surface area contributed by atoms with Crippen molar-refractivity contribution < 1.29 is 19.1 Å². The number of aliphatic imine (C=N–C) groups is 1. The van der Waals surface area contributed by atoms with Crippen LogP contribution >= 0.6 is 34.9 Å². The summed E-state index contributed by atoms with van der Waals surface area (Å²) in [5.41, 5.74) is -0.209. The van der Waals surface area contributed by atoms with E-state index >= 15 is 0 Å². The van der Waals surface area contributed by atoms with Crippen LogP contribution in [0.2, 0.25) is 0 Å². The Bertz CT molecular complexity index is 995. The second-order valence-corrected chi connectivity index (χ2v) is 11.9. The fourth-order valence-corrected chi connectivity index (χ4v) is 6.65. The standard InChI is InChI=1S/C23H30N4O4S3/c1-3-32-10-5-4-7-15-11-18(28)24-12-19-25-16(13-33-19)20-26-23(2,14-34-20)22(30)27-9-6-8-17(27)21(29)31-15/h4,7,13,15,17H,3,5-6,8-12,14H2,1-2H3,(H,24,28). The van der Waals surface area contributed by atoms with Crippen molar-refractivity contribution in [3.05, 3.63) is 28.2 Å². The number of hydrogen-bond acceptors (Lipinski definition) is 9. The van der Waals surface area contributed by atoms with Crippen molar-refractivity contribution in [2.24, 2.45) is 4.99 Å². The molecule has 0 spiro atoms. The van der Waals surface area contributed by atoms with Crippen LogP contribution in [0.1, 0.15) is 50.2 Å². The molecule has 1 fully saturated rings. The zero-order valence-corrected chi connectivity index (χ0v) is 21.9. The number of nitrogens with zero attached hydrogens (tertiary/aromatic N) is 3. The Morgan fingerprint density at radius 3 is 3.06 bits per heavy atom. The van der Waals surface area contributed by atoms with E-state index < -0.39 is 23.7 Å². The van der Waals surface area contributed by atoms with Crippen molar-refractivity contribution in [1.29, 1.82) is 0 Å². The number of ether oxygens (including phenoxy) is 1. The van der Waals surface area contributed by atoms with E-state index in [4.69, 9.17) is 9.73 Å². The molecule has 1 saturated heterocycles. The molecule has 1 aromatic rings. The Morgan fingerprint density at radius 1 is 1.38 bits per heavy atom. The van der Waals surface area contributed by atoms with Gasteiger partial charge in [0, 0.05) is 17.7 Å². The van der Waals surface area contributed by atoms with Crippen LogP contribution in [0.5, 0.6) is 0 Å². The van der Waals surface area contributed by atoms with Gasteiger partial charge in [0.15, 0.2) is 0 Å². The van der Waals surface area contributed by atoms with E-state index in [1.54, 1.807) is 11.0 Å². The predicted molar refractivity (Wildman–Crippen MR) is 137 cm³/mol. The molecule has 0 aromatic carbocycles. The first-order chi connectivity index (χ1) is 16.4. The third kappa shape index (κ3) is 5.85. The summed E-state index contributed by atoms with van der Waals surface area (Å²) in [5.74, 6) is 1.69. The molecule has 8 nitrogen and oxygen atoms in total. The first-order valence-corrected chi connectivity index (χ1v) is 14.6. The second kappa shape index (κ2) is 11.3.